The Morgan fingerprint density at radius 1 is 1.42 bits per heavy atom. The highest BCUT2D eigenvalue weighted by Gasteiger charge is 2.40. The molecule has 1 rings (SSSR count). The maximum Gasteiger partial charge on any atom is 0.513 e. The second-order valence-electron chi connectivity index (χ2n) is 6.07. The molecule has 0 unspecified atom stereocenters. The van der Waals surface area contributed by atoms with E-state index in [2.05, 4.69) is 38.6 Å². The fourth-order valence-electron chi connectivity index (χ4n) is 1.37. The van der Waals surface area contributed by atoms with Crippen molar-refractivity contribution in [3.63, 3.8) is 0 Å². The van der Waals surface area contributed by atoms with Gasteiger partial charge in [-0.3, -0.25) is 0 Å². The Balaban J connectivity index is 2.59. The topological polar surface area (TPSA) is 54.0 Å². The molecule has 0 aromatic carbocycles. The standard InChI is InChI=1S/C13H24O5Si/c1-13(2,3)19(5,6)18-11-9-10(7-8-16-11)17-12(14)15-4/h7,11H,8-9H2,1-6H3/t11-/m0/s1. The van der Waals surface area contributed by atoms with Crippen molar-refractivity contribution in [2.45, 2.75) is 51.6 Å². The molecule has 0 N–H and O–H groups in total. The van der Waals surface area contributed by atoms with Crippen LogP contribution in [0, 0.1) is 0 Å². The minimum atomic E-state index is -1.89. The van der Waals surface area contributed by atoms with Crippen molar-refractivity contribution < 1.29 is 23.4 Å². The first-order valence-electron chi connectivity index (χ1n) is 6.40. The lowest BCUT2D eigenvalue weighted by Crippen LogP contribution is -2.45. The fraction of sp³-hybridized carbons (Fsp3) is 0.769. The third-order valence-electron chi connectivity index (χ3n) is 3.57. The zero-order valence-electron chi connectivity index (χ0n) is 12.6. The molecule has 110 valence electrons. The molecule has 1 atom stereocenters. The monoisotopic (exact) mass is 288 g/mol. The van der Waals surface area contributed by atoms with Crippen molar-refractivity contribution in [3.05, 3.63) is 11.8 Å². The van der Waals surface area contributed by atoms with Gasteiger partial charge in [0.05, 0.1) is 20.1 Å². The van der Waals surface area contributed by atoms with Gasteiger partial charge < -0.3 is 18.6 Å². The average molecular weight is 288 g/mol. The van der Waals surface area contributed by atoms with Crippen LogP contribution in [-0.4, -0.2) is 34.5 Å². The zero-order valence-corrected chi connectivity index (χ0v) is 13.6. The Morgan fingerprint density at radius 2 is 2.05 bits per heavy atom. The molecule has 0 amide bonds. The Kier molecular flexibility index (Phi) is 5.17. The Bertz CT molecular complexity index is 357. The van der Waals surface area contributed by atoms with Crippen LogP contribution in [0.3, 0.4) is 0 Å². The van der Waals surface area contributed by atoms with Crippen molar-refractivity contribution in [2.24, 2.45) is 0 Å². The fourth-order valence-corrected chi connectivity index (χ4v) is 2.53. The van der Waals surface area contributed by atoms with Crippen LogP contribution in [0.2, 0.25) is 18.1 Å². The van der Waals surface area contributed by atoms with Crippen molar-refractivity contribution in [1.82, 2.24) is 0 Å². The molecular formula is C13H24O5Si. The molecule has 1 heterocycles. The lowest BCUT2D eigenvalue weighted by Gasteiger charge is -2.39. The SMILES string of the molecule is COC(=O)OC1=CCO[C@@H](O[Si](C)(C)C(C)(C)C)C1. The van der Waals surface area contributed by atoms with Gasteiger partial charge in [0.1, 0.15) is 5.76 Å². The van der Waals surface area contributed by atoms with Gasteiger partial charge in [0, 0.05) is 0 Å². The Labute approximate surface area is 116 Å². The molecule has 0 radical (unpaired) electrons. The predicted octanol–water partition coefficient (Wildman–Crippen LogP) is 3.42. The van der Waals surface area contributed by atoms with E-state index < -0.39 is 14.5 Å². The summed E-state index contributed by atoms with van der Waals surface area (Å²) in [6.45, 7) is 11.2. The van der Waals surface area contributed by atoms with Crippen LogP contribution in [-0.2, 0) is 18.6 Å². The highest BCUT2D eigenvalue weighted by molar-refractivity contribution is 6.74. The minimum Gasteiger partial charge on any atom is -0.437 e. The summed E-state index contributed by atoms with van der Waals surface area (Å²) in [7, 11) is -0.611. The summed E-state index contributed by atoms with van der Waals surface area (Å²) in [5, 5.41) is 0.112. The van der Waals surface area contributed by atoms with E-state index in [0.29, 0.717) is 18.8 Å². The number of hydrogen-bond donors (Lipinski definition) is 0. The molecule has 19 heavy (non-hydrogen) atoms. The van der Waals surface area contributed by atoms with E-state index in [-0.39, 0.29) is 11.3 Å². The van der Waals surface area contributed by atoms with E-state index >= 15 is 0 Å². The highest BCUT2D eigenvalue weighted by atomic mass is 28.4. The summed E-state index contributed by atoms with van der Waals surface area (Å²) >= 11 is 0. The molecule has 5 nitrogen and oxygen atoms in total. The second kappa shape index (κ2) is 6.07. The van der Waals surface area contributed by atoms with Crippen molar-refractivity contribution in [2.75, 3.05) is 13.7 Å². The zero-order chi connectivity index (χ0) is 14.7. The first kappa shape index (κ1) is 16.2. The second-order valence-corrected chi connectivity index (χ2v) is 10.8. The molecule has 0 aromatic rings. The molecule has 0 aromatic heterocycles. The molecule has 1 aliphatic heterocycles. The minimum absolute atomic E-state index is 0.112. The maximum absolute atomic E-state index is 11.1. The van der Waals surface area contributed by atoms with Crippen molar-refractivity contribution >= 4 is 14.5 Å². The lowest BCUT2D eigenvalue weighted by atomic mass is 10.2. The van der Waals surface area contributed by atoms with Crippen LogP contribution in [0.5, 0.6) is 0 Å². The maximum atomic E-state index is 11.1. The summed E-state index contributed by atoms with van der Waals surface area (Å²) < 4.78 is 21.2. The average Bonchev–Trinajstić information content (AvgIpc) is 2.27. The van der Waals surface area contributed by atoms with Gasteiger partial charge in [-0.05, 0) is 24.2 Å². The molecule has 1 aliphatic rings. The summed E-state index contributed by atoms with van der Waals surface area (Å²) in [6.07, 6.45) is 1.09. The number of methoxy groups -OCH3 is 1. The quantitative estimate of drug-likeness (QED) is 0.588. The van der Waals surface area contributed by atoms with E-state index in [1.54, 1.807) is 6.08 Å². The largest absolute Gasteiger partial charge is 0.513 e. The molecule has 0 spiro atoms. The molecule has 0 saturated carbocycles. The summed E-state index contributed by atoms with van der Waals surface area (Å²) in [5.74, 6) is 0.543. The van der Waals surface area contributed by atoms with E-state index in [4.69, 9.17) is 13.9 Å². The Morgan fingerprint density at radius 3 is 2.58 bits per heavy atom. The first-order valence-corrected chi connectivity index (χ1v) is 9.31. The van der Waals surface area contributed by atoms with E-state index in [0.717, 1.165) is 0 Å². The normalized spacial score (nSPS) is 20.7. The van der Waals surface area contributed by atoms with Crippen LogP contribution in [0.1, 0.15) is 27.2 Å². The van der Waals surface area contributed by atoms with Crippen LogP contribution >= 0.6 is 0 Å². The van der Waals surface area contributed by atoms with Crippen LogP contribution in [0.15, 0.2) is 11.8 Å². The van der Waals surface area contributed by atoms with Gasteiger partial charge in [-0.15, -0.1) is 0 Å². The third-order valence-corrected chi connectivity index (χ3v) is 8.04. The van der Waals surface area contributed by atoms with Crippen LogP contribution < -0.4 is 0 Å². The summed E-state index contributed by atoms with van der Waals surface area (Å²) in [4.78, 5) is 11.1. The third kappa shape index (κ3) is 4.63. The number of ether oxygens (including phenoxy) is 3. The van der Waals surface area contributed by atoms with E-state index in [1.807, 2.05) is 0 Å². The summed E-state index contributed by atoms with van der Waals surface area (Å²) in [6, 6.07) is 0. The van der Waals surface area contributed by atoms with Gasteiger partial charge in [0.2, 0.25) is 0 Å². The Hall–Kier alpha value is -0.853. The molecule has 0 aliphatic carbocycles. The van der Waals surface area contributed by atoms with Crippen LogP contribution in [0.25, 0.3) is 0 Å². The molecule has 6 heteroatoms. The van der Waals surface area contributed by atoms with Gasteiger partial charge in [0.25, 0.3) is 0 Å². The van der Waals surface area contributed by atoms with Gasteiger partial charge in [-0.25, -0.2) is 4.79 Å². The molecule has 0 saturated heterocycles. The van der Waals surface area contributed by atoms with E-state index in [1.165, 1.54) is 7.11 Å². The number of carbonyl (C=O) groups excluding carboxylic acids is 1. The smallest absolute Gasteiger partial charge is 0.437 e. The highest BCUT2D eigenvalue weighted by Crippen LogP contribution is 2.38. The van der Waals surface area contributed by atoms with Crippen LogP contribution in [0.4, 0.5) is 4.79 Å². The number of rotatable bonds is 3. The first-order chi connectivity index (χ1) is 8.65. The van der Waals surface area contributed by atoms with Gasteiger partial charge >= 0.3 is 6.16 Å². The summed E-state index contributed by atoms with van der Waals surface area (Å²) in [5.41, 5.74) is 0. The predicted molar refractivity (Wildman–Crippen MR) is 74.2 cm³/mol. The lowest BCUT2D eigenvalue weighted by molar-refractivity contribution is -0.0916. The molecule has 0 bridgehead atoms. The van der Waals surface area contributed by atoms with E-state index in [9.17, 15) is 4.79 Å². The molecular weight excluding hydrogens is 264 g/mol. The van der Waals surface area contributed by atoms with Gasteiger partial charge in [0.15, 0.2) is 14.6 Å². The number of hydrogen-bond acceptors (Lipinski definition) is 5. The molecule has 0 fully saturated rings. The van der Waals surface area contributed by atoms with Gasteiger partial charge in [-0.2, -0.15) is 0 Å². The number of carbonyl (C=O) groups is 1. The van der Waals surface area contributed by atoms with Crippen molar-refractivity contribution in [3.8, 4) is 0 Å². The van der Waals surface area contributed by atoms with Gasteiger partial charge in [-0.1, -0.05) is 20.8 Å². The van der Waals surface area contributed by atoms with Crippen molar-refractivity contribution in [1.29, 1.82) is 0 Å².